The zero-order chi connectivity index (χ0) is 17.7. The van der Waals surface area contributed by atoms with Crippen molar-refractivity contribution in [3.63, 3.8) is 0 Å². The molecule has 140 valence electrons. The first-order chi connectivity index (χ1) is 10.7. The van der Waals surface area contributed by atoms with Gasteiger partial charge in [-0.05, 0) is 12.3 Å². The molecule has 1 unspecified atom stereocenters. The molecule has 9 heteroatoms. The molecule has 0 spiro atoms. The number of carboxylic acid groups (broad SMARTS) is 1. The van der Waals surface area contributed by atoms with E-state index in [1.807, 2.05) is 13.8 Å². The van der Waals surface area contributed by atoms with Crippen LogP contribution in [0.5, 0.6) is 0 Å². The first kappa shape index (κ1) is 22.5. The van der Waals surface area contributed by atoms with E-state index < -0.39 is 30.0 Å². The first-order valence-electron chi connectivity index (χ1n) is 7.99. The number of aliphatic hydroxyl groups excluding tert-OH is 1. The molecular formula is C15H29ClN4O4. The number of carbonyl (C=O) groups excluding carboxylic acids is 1. The minimum Gasteiger partial charge on any atom is -0.481 e. The first-order valence-corrected chi connectivity index (χ1v) is 7.99. The zero-order valence-corrected chi connectivity index (χ0v) is 15.1. The van der Waals surface area contributed by atoms with Crippen molar-refractivity contribution in [2.75, 3.05) is 0 Å². The lowest BCUT2D eigenvalue weighted by atomic mass is 9.80. The Labute approximate surface area is 148 Å². The molecule has 0 aromatic rings. The molecule has 0 heterocycles. The number of nitrogens with two attached hydrogens (primary N) is 2. The maximum atomic E-state index is 11.6. The average molecular weight is 365 g/mol. The van der Waals surface area contributed by atoms with Crippen molar-refractivity contribution < 1.29 is 19.8 Å². The van der Waals surface area contributed by atoms with Gasteiger partial charge in [0.15, 0.2) is 5.96 Å². The van der Waals surface area contributed by atoms with Crippen LogP contribution in [-0.4, -0.2) is 46.2 Å². The molecule has 24 heavy (non-hydrogen) atoms. The largest absolute Gasteiger partial charge is 0.481 e. The van der Waals surface area contributed by atoms with Crippen LogP contribution >= 0.6 is 12.4 Å². The highest BCUT2D eigenvalue weighted by Gasteiger charge is 2.50. The topological polar surface area (TPSA) is 151 Å². The smallest absolute Gasteiger partial charge is 0.309 e. The minimum absolute atomic E-state index is 0. The number of aliphatic hydroxyl groups is 1. The quantitative estimate of drug-likeness (QED) is 0.318. The van der Waals surface area contributed by atoms with Gasteiger partial charge in [0, 0.05) is 18.9 Å². The van der Waals surface area contributed by atoms with Gasteiger partial charge < -0.3 is 27.0 Å². The molecule has 1 amide bonds. The fraction of sp³-hybridized carbons (Fsp3) is 0.800. The number of rotatable bonds is 7. The van der Waals surface area contributed by atoms with Gasteiger partial charge in [-0.25, -0.2) is 4.99 Å². The maximum Gasteiger partial charge on any atom is 0.309 e. The highest BCUT2D eigenvalue weighted by atomic mass is 35.5. The minimum atomic E-state index is -1.11. The van der Waals surface area contributed by atoms with Gasteiger partial charge in [0.1, 0.15) is 0 Å². The number of guanidine groups is 1. The Morgan fingerprint density at radius 1 is 1.29 bits per heavy atom. The summed E-state index contributed by atoms with van der Waals surface area (Å²) in [5, 5.41) is 22.7. The van der Waals surface area contributed by atoms with E-state index in [1.165, 1.54) is 6.92 Å². The number of nitrogens with zero attached hydrogens (tertiary/aromatic N) is 1. The SMILES string of the molecule is CCC(CC)C(NC(C)=O)[C@@H]1[C@H](O)[C@@H](C(=O)O)C[C@H]1N=C(N)N.Cl. The maximum absolute atomic E-state index is 11.6. The van der Waals surface area contributed by atoms with Gasteiger partial charge in [-0.2, -0.15) is 0 Å². The van der Waals surface area contributed by atoms with Gasteiger partial charge in [-0.3, -0.25) is 9.59 Å². The second-order valence-electron chi connectivity index (χ2n) is 6.17. The standard InChI is InChI=1S/C15H28N4O4.ClH/c1-4-8(5-2)12(18-7(3)20)11-10(19-15(16)17)6-9(13(11)21)14(22)23;/h8-13,21H,4-6H2,1-3H3,(H,18,20)(H,22,23)(H4,16,17,19);1H/t9-,10+,11+,12?,13+;/m0./s1. The van der Waals surface area contributed by atoms with E-state index in [-0.39, 0.29) is 42.7 Å². The number of halogens is 1. The highest BCUT2D eigenvalue weighted by molar-refractivity contribution is 5.85. The fourth-order valence-corrected chi connectivity index (χ4v) is 3.64. The average Bonchev–Trinajstić information content (AvgIpc) is 2.74. The molecule has 1 aliphatic rings. The number of carboxylic acids is 1. The third-order valence-corrected chi connectivity index (χ3v) is 4.72. The van der Waals surface area contributed by atoms with Crippen LogP contribution in [0.25, 0.3) is 0 Å². The predicted molar refractivity (Wildman–Crippen MR) is 93.8 cm³/mol. The van der Waals surface area contributed by atoms with Gasteiger partial charge in [0.2, 0.25) is 5.91 Å². The summed E-state index contributed by atoms with van der Waals surface area (Å²) in [4.78, 5) is 27.1. The van der Waals surface area contributed by atoms with Crippen molar-refractivity contribution >= 4 is 30.2 Å². The molecule has 7 N–H and O–H groups in total. The molecular weight excluding hydrogens is 336 g/mol. The number of nitrogens with one attached hydrogen (secondary N) is 1. The molecule has 0 radical (unpaired) electrons. The van der Waals surface area contributed by atoms with Crippen molar-refractivity contribution in [1.82, 2.24) is 5.32 Å². The van der Waals surface area contributed by atoms with Crippen molar-refractivity contribution in [3.05, 3.63) is 0 Å². The summed E-state index contributed by atoms with van der Waals surface area (Å²) >= 11 is 0. The number of carbonyl (C=O) groups is 2. The van der Waals surface area contributed by atoms with Crippen molar-refractivity contribution in [1.29, 1.82) is 0 Å². The van der Waals surface area contributed by atoms with E-state index in [4.69, 9.17) is 11.5 Å². The van der Waals surface area contributed by atoms with Crippen LogP contribution in [0.15, 0.2) is 4.99 Å². The fourth-order valence-electron chi connectivity index (χ4n) is 3.64. The van der Waals surface area contributed by atoms with Crippen LogP contribution < -0.4 is 16.8 Å². The van der Waals surface area contributed by atoms with Gasteiger partial charge in [-0.15, -0.1) is 12.4 Å². The van der Waals surface area contributed by atoms with Gasteiger partial charge in [0.25, 0.3) is 0 Å². The van der Waals surface area contributed by atoms with Crippen molar-refractivity contribution in [3.8, 4) is 0 Å². The van der Waals surface area contributed by atoms with Crippen LogP contribution in [-0.2, 0) is 9.59 Å². The van der Waals surface area contributed by atoms with E-state index in [9.17, 15) is 19.8 Å². The van der Waals surface area contributed by atoms with Crippen molar-refractivity contribution in [2.24, 2.45) is 34.2 Å². The lowest BCUT2D eigenvalue weighted by Crippen LogP contribution is -2.51. The van der Waals surface area contributed by atoms with Crippen LogP contribution in [0, 0.1) is 17.8 Å². The van der Waals surface area contributed by atoms with Crippen LogP contribution in [0.4, 0.5) is 0 Å². The third-order valence-electron chi connectivity index (χ3n) is 4.72. The zero-order valence-electron chi connectivity index (χ0n) is 14.3. The third kappa shape index (κ3) is 5.24. The Kier molecular flexibility index (Phi) is 9.06. The van der Waals surface area contributed by atoms with Crippen LogP contribution in [0.2, 0.25) is 0 Å². The summed E-state index contributed by atoms with van der Waals surface area (Å²) in [5.41, 5.74) is 10.9. The Morgan fingerprint density at radius 2 is 1.83 bits per heavy atom. The Balaban J connectivity index is 0.00000529. The van der Waals surface area contributed by atoms with Crippen molar-refractivity contribution in [2.45, 2.75) is 58.2 Å². The lowest BCUT2D eigenvalue weighted by molar-refractivity contribution is -0.145. The molecule has 5 atom stereocenters. The summed E-state index contributed by atoms with van der Waals surface area (Å²) in [7, 11) is 0. The number of hydrogen-bond donors (Lipinski definition) is 5. The van der Waals surface area contributed by atoms with Crippen LogP contribution in [0.3, 0.4) is 0 Å². The number of hydrogen-bond acceptors (Lipinski definition) is 4. The molecule has 1 saturated carbocycles. The number of aliphatic carboxylic acids is 1. The molecule has 0 saturated heterocycles. The predicted octanol–water partition coefficient (Wildman–Crippen LogP) is 0.0727. The lowest BCUT2D eigenvalue weighted by Gasteiger charge is -2.35. The van der Waals surface area contributed by atoms with E-state index in [0.717, 1.165) is 12.8 Å². The molecule has 8 nitrogen and oxygen atoms in total. The summed E-state index contributed by atoms with van der Waals surface area (Å²) in [6.07, 6.45) is 0.612. The second kappa shape index (κ2) is 9.68. The number of amides is 1. The van der Waals surface area contributed by atoms with E-state index >= 15 is 0 Å². The Morgan fingerprint density at radius 3 is 2.21 bits per heavy atom. The molecule has 0 aromatic carbocycles. The van der Waals surface area contributed by atoms with E-state index in [0.29, 0.717) is 0 Å². The van der Waals surface area contributed by atoms with Gasteiger partial charge in [0.05, 0.1) is 18.1 Å². The Bertz CT molecular complexity index is 466. The molecule has 0 aliphatic heterocycles. The normalized spacial score (nSPS) is 27.2. The summed E-state index contributed by atoms with van der Waals surface area (Å²) in [6.45, 7) is 5.39. The summed E-state index contributed by atoms with van der Waals surface area (Å²) in [6, 6.07) is -0.913. The monoisotopic (exact) mass is 364 g/mol. The Hall–Kier alpha value is -1.54. The van der Waals surface area contributed by atoms with Gasteiger partial charge in [-0.1, -0.05) is 26.7 Å². The highest BCUT2D eigenvalue weighted by Crippen LogP contribution is 2.39. The molecule has 1 aliphatic carbocycles. The van der Waals surface area contributed by atoms with Gasteiger partial charge >= 0.3 is 5.97 Å². The summed E-state index contributed by atoms with van der Waals surface area (Å²) in [5.74, 6) is -2.84. The van der Waals surface area contributed by atoms with E-state index in [1.54, 1.807) is 0 Å². The van der Waals surface area contributed by atoms with E-state index in [2.05, 4.69) is 10.3 Å². The van der Waals surface area contributed by atoms with Crippen LogP contribution in [0.1, 0.15) is 40.0 Å². The molecule has 0 aromatic heterocycles. The second-order valence-corrected chi connectivity index (χ2v) is 6.17. The molecule has 0 bridgehead atoms. The molecule has 1 fully saturated rings. The molecule has 1 rings (SSSR count). The number of aliphatic imine (C=N–C) groups is 1. The summed E-state index contributed by atoms with van der Waals surface area (Å²) < 4.78 is 0.